The summed E-state index contributed by atoms with van der Waals surface area (Å²) in [5, 5.41) is 2.18. The molecule has 0 aliphatic carbocycles. The Bertz CT molecular complexity index is 829. The summed E-state index contributed by atoms with van der Waals surface area (Å²) in [7, 11) is 0. The maximum atomic E-state index is 12.5. The van der Waals surface area contributed by atoms with E-state index in [-0.39, 0.29) is 12.5 Å². The molecule has 0 saturated carbocycles. The lowest BCUT2D eigenvalue weighted by Crippen LogP contribution is -2.53. The first-order valence-corrected chi connectivity index (χ1v) is 9.00. The van der Waals surface area contributed by atoms with Gasteiger partial charge in [0.2, 0.25) is 5.91 Å². The topological polar surface area (TPSA) is 49.9 Å². The molecule has 2 aromatic carbocycles. The van der Waals surface area contributed by atoms with Gasteiger partial charge in [-0.05, 0) is 55.8 Å². The second-order valence-corrected chi connectivity index (χ2v) is 8.04. The summed E-state index contributed by atoms with van der Waals surface area (Å²) in [6.45, 7) is 6.39. The van der Waals surface area contributed by atoms with Gasteiger partial charge < -0.3 is 9.64 Å². The molecule has 0 aromatic heterocycles. The zero-order chi connectivity index (χ0) is 18.2. The van der Waals surface area contributed by atoms with E-state index in [1.165, 1.54) is 4.90 Å². The molecule has 1 aliphatic heterocycles. The van der Waals surface area contributed by atoms with E-state index in [1.54, 1.807) is 4.90 Å². The summed E-state index contributed by atoms with van der Waals surface area (Å²) in [4.78, 5) is 27.9. The Morgan fingerprint density at radius 2 is 1.80 bits per heavy atom. The van der Waals surface area contributed by atoms with Gasteiger partial charge in [-0.1, -0.05) is 28.1 Å². The Hall–Kier alpha value is -2.08. The van der Waals surface area contributed by atoms with E-state index in [0.29, 0.717) is 13.1 Å². The van der Waals surface area contributed by atoms with Crippen LogP contribution in [-0.2, 0) is 9.53 Å². The average Bonchev–Trinajstić information content (AvgIpc) is 2.52. The maximum absolute atomic E-state index is 12.5. The largest absolute Gasteiger partial charge is 0.444 e. The lowest BCUT2D eigenvalue weighted by Gasteiger charge is -2.35. The first kappa shape index (κ1) is 17.7. The van der Waals surface area contributed by atoms with E-state index in [4.69, 9.17) is 4.74 Å². The van der Waals surface area contributed by atoms with Crippen molar-refractivity contribution in [2.75, 3.05) is 24.5 Å². The van der Waals surface area contributed by atoms with Gasteiger partial charge in [-0.2, -0.15) is 0 Å². The van der Waals surface area contributed by atoms with Crippen molar-refractivity contribution >= 4 is 44.4 Å². The summed E-state index contributed by atoms with van der Waals surface area (Å²) in [6, 6.07) is 12.0. The zero-order valence-corrected chi connectivity index (χ0v) is 16.2. The minimum absolute atomic E-state index is 0.0332. The van der Waals surface area contributed by atoms with Crippen LogP contribution >= 0.6 is 15.9 Å². The van der Waals surface area contributed by atoms with Gasteiger partial charge in [0.25, 0.3) is 0 Å². The number of benzene rings is 2. The Balaban J connectivity index is 1.75. The number of carbonyl (C=O) groups is 2. The van der Waals surface area contributed by atoms with Gasteiger partial charge >= 0.3 is 6.09 Å². The van der Waals surface area contributed by atoms with Crippen molar-refractivity contribution in [1.29, 1.82) is 0 Å². The Labute approximate surface area is 155 Å². The van der Waals surface area contributed by atoms with Crippen LogP contribution in [0.15, 0.2) is 40.9 Å². The molecule has 3 rings (SSSR count). The lowest BCUT2D eigenvalue weighted by atomic mass is 10.1. The van der Waals surface area contributed by atoms with Crippen LogP contribution in [0.4, 0.5) is 10.5 Å². The predicted octanol–water partition coefficient (Wildman–Crippen LogP) is 4.19. The monoisotopic (exact) mass is 404 g/mol. The van der Waals surface area contributed by atoms with Gasteiger partial charge in [-0.25, -0.2) is 4.79 Å². The number of fused-ring (bicyclic) bond motifs is 1. The molecular formula is C19H21BrN2O3. The second kappa shape index (κ2) is 6.67. The molecule has 1 aliphatic rings. The maximum Gasteiger partial charge on any atom is 0.410 e. The van der Waals surface area contributed by atoms with Gasteiger partial charge in [-0.15, -0.1) is 0 Å². The van der Waals surface area contributed by atoms with E-state index in [9.17, 15) is 9.59 Å². The molecule has 25 heavy (non-hydrogen) atoms. The van der Waals surface area contributed by atoms with Gasteiger partial charge in [-0.3, -0.25) is 9.69 Å². The van der Waals surface area contributed by atoms with Crippen LogP contribution in [0.2, 0.25) is 0 Å². The summed E-state index contributed by atoms with van der Waals surface area (Å²) < 4.78 is 6.35. The fraction of sp³-hybridized carbons (Fsp3) is 0.368. The van der Waals surface area contributed by atoms with Crippen LogP contribution in [0.25, 0.3) is 10.8 Å². The number of anilines is 1. The molecule has 0 atom stereocenters. The first-order valence-electron chi connectivity index (χ1n) is 8.20. The number of hydrogen-bond acceptors (Lipinski definition) is 3. The smallest absolute Gasteiger partial charge is 0.410 e. The minimum Gasteiger partial charge on any atom is -0.444 e. The third-order valence-corrected chi connectivity index (χ3v) is 4.46. The highest BCUT2D eigenvalue weighted by atomic mass is 79.9. The highest BCUT2D eigenvalue weighted by Gasteiger charge is 2.30. The van der Waals surface area contributed by atoms with E-state index < -0.39 is 11.7 Å². The van der Waals surface area contributed by atoms with Crippen molar-refractivity contribution in [3.05, 3.63) is 40.9 Å². The van der Waals surface area contributed by atoms with Gasteiger partial charge in [0, 0.05) is 23.2 Å². The third-order valence-electron chi connectivity index (χ3n) is 3.97. The highest BCUT2D eigenvalue weighted by Crippen LogP contribution is 2.26. The van der Waals surface area contributed by atoms with Crippen molar-refractivity contribution in [1.82, 2.24) is 4.90 Å². The summed E-state index contributed by atoms with van der Waals surface area (Å²) in [6.07, 6.45) is -0.442. The van der Waals surface area contributed by atoms with Crippen molar-refractivity contribution in [3.63, 3.8) is 0 Å². The number of halogens is 1. The van der Waals surface area contributed by atoms with Gasteiger partial charge in [0.15, 0.2) is 0 Å². The molecule has 132 valence electrons. The number of hydrogen-bond donors (Lipinski definition) is 0. The molecule has 2 amide bonds. The van der Waals surface area contributed by atoms with E-state index in [0.717, 1.165) is 20.9 Å². The minimum atomic E-state index is -0.566. The number of ether oxygens (including phenoxy) is 1. The van der Waals surface area contributed by atoms with Crippen LogP contribution in [0.5, 0.6) is 0 Å². The summed E-state index contributed by atoms with van der Waals surface area (Å²) in [5.41, 5.74) is 0.280. The fourth-order valence-electron chi connectivity index (χ4n) is 2.80. The highest BCUT2D eigenvalue weighted by molar-refractivity contribution is 9.10. The van der Waals surface area contributed by atoms with Crippen LogP contribution in [0.1, 0.15) is 20.8 Å². The number of rotatable bonds is 1. The molecule has 5 nitrogen and oxygen atoms in total. The number of amides is 2. The molecule has 6 heteroatoms. The zero-order valence-electron chi connectivity index (χ0n) is 14.6. The van der Waals surface area contributed by atoms with Crippen molar-refractivity contribution in [3.8, 4) is 0 Å². The molecule has 1 saturated heterocycles. The molecule has 0 radical (unpaired) electrons. The van der Waals surface area contributed by atoms with Crippen molar-refractivity contribution in [2.24, 2.45) is 0 Å². The van der Waals surface area contributed by atoms with E-state index in [2.05, 4.69) is 15.9 Å². The molecule has 0 N–H and O–H groups in total. The molecule has 0 bridgehead atoms. The Kier molecular flexibility index (Phi) is 4.73. The first-order chi connectivity index (χ1) is 11.7. The SMILES string of the molecule is CC(C)(C)OC(=O)N1CCN(c2ccc3ccc(Br)cc3c2)C(=O)C1. The summed E-state index contributed by atoms with van der Waals surface area (Å²) in [5.74, 6) is -0.105. The fourth-order valence-corrected chi connectivity index (χ4v) is 3.18. The van der Waals surface area contributed by atoms with Crippen LogP contribution in [0, 0.1) is 0 Å². The quantitative estimate of drug-likeness (QED) is 0.715. The second-order valence-electron chi connectivity index (χ2n) is 7.12. The number of piperazine rings is 1. The Morgan fingerprint density at radius 3 is 2.48 bits per heavy atom. The van der Waals surface area contributed by atoms with Crippen molar-refractivity contribution in [2.45, 2.75) is 26.4 Å². The average molecular weight is 405 g/mol. The van der Waals surface area contributed by atoms with E-state index in [1.807, 2.05) is 57.2 Å². The van der Waals surface area contributed by atoms with Crippen LogP contribution in [0.3, 0.4) is 0 Å². The van der Waals surface area contributed by atoms with Crippen molar-refractivity contribution < 1.29 is 14.3 Å². The Morgan fingerprint density at radius 1 is 1.08 bits per heavy atom. The van der Waals surface area contributed by atoms with Gasteiger partial charge in [0.05, 0.1) is 0 Å². The molecule has 1 heterocycles. The lowest BCUT2D eigenvalue weighted by molar-refractivity contribution is -0.121. The van der Waals surface area contributed by atoms with Crippen LogP contribution < -0.4 is 4.90 Å². The molecule has 0 spiro atoms. The molecule has 1 fully saturated rings. The number of carbonyl (C=O) groups excluding carboxylic acids is 2. The third kappa shape index (κ3) is 4.12. The van der Waals surface area contributed by atoms with E-state index >= 15 is 0 Å². The van der Waals surface area contributed by atoms with Gasteiger partial charge in [0.1, 0.15) is 12.1 Å². The number of nitrogens with zero attached hydrogens (tertiary/aromatic N) is 2. The standard InChI is InChI=1S/C19H21BrN2O3/c1-19(2,3)25-18(24)21-8-9-22(17(23)12-21)16-7-5-13-4-6-15(20)10-14(13)11-16/h4-7,10-11H,8-9,12H2,1-3H3. The van der Waals surface area contributed by atoms with Crippen LogP contribution in [-0.4, -0.2) is 42.1 Å². The molecule has 0 unspecified atom stereocenters. The normalized spacial score (nSPS) is 15.6. The predicted molar refractivity (Wildman–Crippen MR) is 102 cm³/mol. The summed E-state index contributed by atoms with van der Waals surface area (Å²) >= 11 is 3.47. The molecule has 2 aromatic rings. The molecular weight excluding hydrogens is 384 g/mol.